The van der Waals surface area contributed by atoms with Crippen molar-refractivity contribution in [2.45, 2.75) is 6.42 Å². The van der Waals surface area contributed by atoms with Crippen molar-refractivity contribution in [1.29, 1.82) is 0 Å². The third-order valence-corrected chi connectivity index (χ3v) is 17.7. The highest BCUT2D eigenvalue weighted by molar-refractivity contribution is 9.10. The van der Waals surface area contributed by atoms with E-state index in [0.717, 1.165) is 28.0 Å². The molecule has 0 fully saturated rings. The second kappa shape index (κ2) is 27.1. The summed E-state index contributed by atoms with van der Waals surface area (Å²) in [5.41, 5.74) is 20.9. The van der Waals surface area contributed by atoms with Crippen molar-refractivity contribution < 1.29 is 0 Å². The maximum atomic E-state index is 3.62. The topological polar surface area (TPSA) is 3.24 Å². The van der Waals surface area contributed by atoms with Crippen LogP contribution in [0.2, 0.25) is 0 Å². The van der Waals surface area contributed by atoms with Crippen LogP contribution in [0, 0.1) is 0 Å². The van der Waals surface area contributed by atoms with Gasteiger partial charge in [-0.1, -0.05) is 344 Å². The maximum absolute atomic E-state index is 3.62. The van der Waals surface area contributed by atoms with Crippen molar-refractivity contribution in [1.82, 2.24) is 0 Å². The van der Waals surface area contributed by atoms with E-state index in [4.69, 9.17) is 0 Å². The Morgan fingerprint density at radius 2 is 0.505 bits per heavy atom. The smallest absolute Gasteiger partial charge is 0.0546 e. The Kier molecular flexibility index (Phi) is 17.1. The molecule has 2 heteroatoms. The summed E-state index contributed by atoms with van der Waals surface area (Å²) < 4.78 is 1.16. The number of rotatable bonds is 11. The number of fused-ring (bicyclic) bond motifs is 6. The molecule has 0 aliphatic carbocycles. The fraction of sp³-hybridized carbons (Fsp3) is 0.0112. The zero-order valence-corrected chi connectivity index (χ0v) is 51.9. The van der Waals surface area contributed by atoms with Crippen molar-refractivity contribution in [3.05, 3.63) is 392 Å². The molecular formula is C89H64BrN. The molecule has 0 aromatic heterocycles. The molecule has 0 saturated carbocycles. The molecule has 0 aliphatic rings. The van der Waals surface area contributed by atoms with Gasteiger partial charge in [0.1, 0.15) is 0 Å². The van der Waals surface area contributed by atoms with Crippen LogP contribution in [0.4, 0.5) is 17.1 Å². The van der Waals surface area contributed by atoms with Gasteiger partial charge < -0.3 is 4.90 Å². The number of hydrogen-bond donors (Lipinski definition) is 0. The van der Waals surface area contributed by atoms with Gasteiger partial charge in [-0.25, -0.2) is 0 Å². The number of halogens is 1. The summed E-state index contributed by atoms with van der Waals surface area (Å²) in [6.45, 7) is 0. The molecule has 0 saturated heterocycles. The number of hydrogen-bond acceptors (Lipinski definition) is 1. The van der Waals surface area contributed by atoms with Crippen LogP contribution < -0.4 is 4.90 Å². The zero-order chi connectivity index (χ0) is 61.1. The average molecular weight is 1230 g/mol. The maximum Gasteiger partial charge on any atom is 0.0546 e. The summed E-state index contributed by atoms with van der Waals surface area (Å²) in [4.78, 5) is 2.40. The molecule has 16 rings (SSSR count). The minimum absolute atomic E-state index is 0.936. The van der Waals surface area contributed by atoms with Gasteiger partial charge in [0.05, 0.1) is 5.69 Å². The molecule has 0 unspecified atom stereocenters. The lowest BCUT2D eigenvalue weighted by atomic mass is 9.96. The summed E-state index contributed by atoms with van der Waals surface area (Å²) in [5, 5.41) is 10.2. The lowest BCUT2D eigenvalue weighted by Crippen LogP contribution is -2.10. The Morgan fingerprint density at radius 1 is 0.198 bits per heavy atom. The normalized spacial score (nSPS) is 11.0. The van der Waals surface area contributed by atoms with Gasteiger partial charge in [-0.15, -0.1) is 0 Å². The van der Waals surface area contributed by atoms with Gasteiger partial charge in [0, 0.05) is 21.2 Å². The summed E-state index contributed by atoms with van der Waals surface area (Å²) in [7, 11) is 0. The summed E-state index contributed by atoms with van der Waals surface area (Å²) in [5.74, 6) is 0. The van der Waals surface area contributed by atoms with Gasteiger partial charge in [0.2, 0.25) is 0 Å². The van der Waals surface area contributed by atoms with Crippen molar-refractivity contribution in [2.24, 2.45) is 0 Å². The summed E-state index contributed by atoms with van der Waals surface area (Å²) in [6, 6.07) is 134. The third kappa shape index (κ3) is 13.1. The third-order valence-electron chi connectivity index (χ3n) is 17.1. The van der Waals surface area contributed by atoms with E-state index in [2.05, 4.69) is 397 Å². The van der Waals surface area contributed by atoms with Crippen LogP contribution in [0.25, 0.3) is 110 Å². The molecule has 0 radical (unpaired) electrons. The van der Waals surface area contributed by atoms with E-state index in [1.807, 2.05) is 0 Å². The first-order valence-electron chi connectivity index (χ1n) is 31.1. The highest BCUT2D eigenvalue weighted by atomic mass is 79.9. The Morgan fingerprint density at radius 3 is 0.967 bits per heavy atom. The Bertz CT molecular complexity index is 5100. The van der Waals surface area contributed by atoms with Gasteiger partial charge in [-0.2, -0.15) is 0 Å². The SMILES string of the molecule is Brc1cc2ccccc2c2ccccc12.c1ccc(-c2ccc(N(c3ccc(-c4cccc(-c5ccccc5)c4)cc3)c3cc4ccccc4c4ccccc34)cc2)cc1.c1ccc(-c2cccc(Cc3ccc(-c4cccc(-c5ccccc5)c4)cc3)c2)cc1. The fourth-order valence-electron chi connectivity index (χ4n) is 12.5. The first-order valence-corrected chi connectivity index (χ1v) is 31.9. The van der Waals surface area contributed by atoms with E-state index in [1.54, 1.807) is 0 Å². The van der Waals surface area contributed by atoms with Crippen molar-refractivity contribution in [3.63, 3.8) is 0 Å². The van der Waals surface area contributed by atoms with Crippen molar-refractivity contribution in [3.8, 4) is 66.8 Å². The predicted molar refractivity (Wildman–Crippen MR) is 394 cm³/mol. The van der Waals surface area contributed by atoms with E-state index in [0.29, 0.717) is 0 Å². The van der Waals surface area contributed by atoms with Gasteiger partial charge in [-0.3, -0.25) is 0 Å². The van der Waals surface area contributed by atoms with Gasteiger partial charge in [0.15, 0.2) is 0 Å². The van der Waals surface area contributed by atoms with Crippen LogP contribution in [-0.2, 0) is 6.42 Å². The quantitative estimate of drug-likeness (QED) is 0.117. The first kappa shape index (κ1) is 57.6. The highest BCUT2D eigenvalue weighted by Gasteiger charge is 2.18. The van der Waals surface area contributed by atoms with Gasteiger partial charge in [-0.05, 0) is 171 Å². The van der Waals surface area contributed by atoms with Crippen LogP contribution >= 0.6 is 15.9 Å². The van der Waals surface area contributed by atoms with E-state index in [1.165, 1.54) is 121 Å². The Balaban J connectivity index is 0.000000134. The minimum Gasteiger partial charge on any atom is -0.310 e. The molecule has 0 amide bonds. The largest absolute Gasteiger partial charge is 0.310 e. The number of benzene rings is 16. The van der Waals surface area contributed by atoms with E-state index in [-0.39, 0.29) is 0 Å². The predicted octanol–water partition coefficient (Wildman–Crippen LogP) is 25.5. The molecule has 91 heavy (non-hydrogen) atoms. The van der Waals surface area contributed by atoms with Crippen LogP contribution in [0.1, 0.15) is 11.1 Å². The number of nitrogens with zero attached hydrogens (tertiary/aromatic N) is 1. The molecule has 0 aliphatic heterocycles. The molecule has 16 aromatic carbocycles. The molecule has 0 spiro atoms. The van der Waals surface area contributed by atoms with Gasteiger partial charge >= 0.3 is 0 Å². The molecule has 1 nitrogen and oxygen atoms in total. The molecule has 0 N–H and O–H groups in total. The van der Waals surface area contributed by atoms with Gasteiger partial charge in [0.25, 0.3) is 0 Å². The standard InChI is InChI=1S/C44H31N.C31H24.C14H9Br/c1-3-12-32(13-4-1)34-22-26-39(27-23-34)45(44-31-38-16-7-8-19-41(38)42-20-9-10-21-43(42)44)40-28-24-35(25-29-40)37-18-11-17-36(30-37)33-14-5-2-6-15-33;1-3-10-26(11-4-1)29-14-7-9-25(22-29)21-24-17-19-28(20-18-24)31-16-8-15-30(23-31)27-12-5-2-6-13-27;15-14-9-10-5-1-2-6-11(10)12-7-3-4-8-13(12)14/h1-31H;1-20,22-23H,21H2;1-9H. The second-order valence-electron chi connectivity index (χ2n) is 22.9. The lowest BCUT2D eigenvalue weighted by molar-refractivity contribution is 1.19. The molecule has 432 valence electrons. The fourth-order valence-corrected chi connectivity index (χ4v) is 13.0. The molecule has 16 aromatic rings. The highest BCUT2D eigenvalue weighted by Crippen LogP contribution is 2.43. The van der Waals surface area contributed by atoms with Crippen LogP contribution in [0.15, 0.2) is 381 Å². The zero-order valence-electron chi connectivity index (χ0n) is 50.3. The minimum atomic E-state index is 0.936. The Hall–Kier alpha value is -11.2. The summed E-state index contributed by atoms with van der Waals surface area (Å²) >= 11 is 3.62. The second-order valence-corrected chi connectivity index (χ2v) is 23.8. The molecular weight excluding hydrogens is 1160 g/mol. The first-order chi connectivity index (χ1) is 45.0. The molecule has 0 heterocycles. The van der Waals surface area contributed by atoms with E-state index < -0.39 is 0 Å². The van der Waals surface area contributed by atoms with Crippen molar-refractivity contribution >= 4 is 76.1 Å². The molecule has 0 bridgehead atoms. The van der Waals surface area contributed by atoms with E-state index in [9.17, 15) is 0 Å². The average Bonchev–Trinajstić information content (AvgIpc) is 0.913. The molecule has 0 atom stereocenters. The van der Waals surface area contributed by atoms with Crippen LogP contribution in [-0.4, -0.2) is 0 Å². The van der Waals surface area contributed by atoms with E-state index >= 15 is 0 Å². The van der Waals surface area contributed by atoms with Crippen LogP contribution in [0.3, 0.4) is 0 Å². The summed E-state index contributed by atoms with van der Waals surface area (Å²) in [6.07, 6.45) is 0.936. The number of anilines is 3. The monoisotopic (exact) mass is 1230 g/mol. The Labute approximate surface area is 542 Å². The van der Waals surface area contributed by atoms with Crippen molar-refractivity contribution in [2.75, 3.05) is 4.90 Å². The van der Waals surface area contributed by atoms with Crippen LogP contribution in [0.5, 0.6) is 0 Å². The lowest BCUT2D eigenvalue weighted by Gasteiger charge is -2.28.